The Morgan fingerprint density at radius 1 is 1.00 bits per heavy atom. The number of fused-ring (bicyclic) bond motifs is 1. The summed E-state index contributed by atoms with van der Waals surface area (Å²) in [6, 6.07) is 19.8. The van der Waals surface area contributed by atoms with Crippen molar-refractivity contribution in [2.24, 2.45) is 0 Å². The first kappa shape index (κ1) is 19.3. The zero-order chi connectivity index (χ0) is 19.9. The monoisotopic (exact) mass is 375 g/mol. The van der Waals surface area contributed by atoms with Crippen LogP contribution in [0.15, 0.2) is 66.7 Å². The maximum atomic E-state index is 12.3. The highest BCUT2D eigenvalue weighted by atomic mass is 16.5. The van der Waals surface area contributed by atoms with Crippen LogP contribution in [0, 0.1) is 0 Å². The van der Waals surface area contributed by atoms with E-state index in [1.807, 2.05) is 60.7 Å². The number of amides is 1. The normalized spacial score (nSPS) is 11.6. The van der Waals surface area contributed by atoms with E-state index in [2.05, 4.69) is 5.32 Å². The molecular weight excluding hydrogens is 354 g/mol. The third kappa shape index (κ3) is 4.62. The van der Waals surface area contributed by atoms with Crippen molar-refractivity contribution in [1.82, 2.24) is 5.32 Å². The van der Waals surface area contributed by atoms with Gasteiger partial charge in [0.25, 0.3) is 5.91 Å². The summed E-state index contributed by atoms with van der Waals surface area (Å²) in [5.74, 6) is -0.205. The minimum Gasteiger partial charge on any atom is -0.483 e. The van der Waals surface area contributed by atoms with Crippen molar-refractivity contribution in [1.29, 1.82) is 0 Å². The molecule has 3 aromatic rings. The first-order valence-corrected chi connectivity index (χ1v) is 9.02. The van der Waals surface area contributed by atoms with Crippen LogP contribution in [0.25, 0.3) is 10.8 Å². The Morgan fingerprint density at radius 3 is 2.43 bits per heavy atom. The Kier molecular flexibility index (Phi) is 6.17. The molecule has 1 N–H and O–H groups in total. The second kappa shape index (κ2) is 8.95. The van der Waals surface area contributed by atoms with Gasteiger partial charge in [0.2, 0.25) is 0 Å². The Balaban J connectivity index is 1.67. The molecule has 0 heterocycles. The van der Waals surface area contributed by atoms with Gasteiger partial charge in [-0.2, -0.15) is 0 Å². The lowest BCUT2D eigenvalue weighted by atomic mass is 10.0. The van der Waals surface area contributed by atoms with E-state index in [0.29, 0.717) is 17.7 Å². The molecule has 0 aromatic heterocycles. The summed E-state index contributed by atoms with van der Waals surface area (Å²) >= 11 is 0. The first-order valence-electron chi connectivity index (χ1n) is 9.02. The van der Waals surface area contributed by atoms with Gasteiger partial charge in [-0.15, -0.1) is 0 Å². The zero-order valence-electron chi connectivity index (χ0n) is 15.6. The molecule has 0 fully saturated rings. The van der Waals surface area contributed by atoms with Crippen molar-refractivity contribution in [3.8, 4) is 5.75 Å². The summed E-state index contributed by atoms with van der Waals surface area (Å²) in [4.78, 5) is 35.7. The van der Waals surface area contributed by atoms with Crippen LogP contribution >= 0.6 is 0 Å². The lowest BCUT2D eigenvalue weighted by molar-refractivity contribution is -0.128. The van der Waals surface area contributed by atoms with Crippen LogP contribution in [0.4, 0.5) is 0 Å². The van der Waals surface area contributed by atoms with Gasteiger partial charge in [-0.05, 0) is 35.7 Å². The maximum Gasteiger partial charge on any atom is 0.258 e. The van der Waals surface area contributed by atoms with Gasteiger partial charge in [0.1, 0.15) is 5.75 Å². The van der Waals surface area contributed by atoms with Crippen LogP contribution in [-0.4, -0.2) is 30.6 Å². The maximum absolute atomic E-state index is 12.3. The number of Topliss-reactive ketones (excluding diaryl/α,β-unsaturated/α-hetero) is 1. The number of aldehydes is 1. The Hall–Kier alpha value is -3.47. The van der Waals surface area contributed by atoms with E-state index in [1.165, 1.54) is 6.92 Å². The van der Waals surface area contributed by atoms with Crippen LogP contribution < -0.4 is 10.1 Å². The Morgan fingerprint density at radius 2 is 1.71 bits per heavy atom. The van der Waals surface area contributed by atoms with Crippen molar-refractivity contribution in [2.45, 2.75) is 19.4 Å². The highest BCUT2D eigenvalue weighted by molar-refractivity contribution is 6.01. The molecule has 3 rings (SSSR count). The topological polar surface area (TPSA) is 72.5 Å². The average molecular weight is 375 g/mol. The number of ether oxygens (including phenoxy) is 1. The third-order valence-corrected chi connectivity index (χ3v) is 4.52. The molecule has 5 heteroatoms. The number of rotatable bonds is 8. The van der Waals surface area contributed by atoms with E-state index >= 15 is 0 Å². The number of ketones is 1. The molecule has 0 unspecified atom stereocenters. The van der Waals surface area contributed by atoms with E-state index in [9.17, 15) is 14.4 Å². The molecule has 1 amide bonds. The molecule has 0 spiro atoms. The van der Waals surface area contributed by atoms with Gasteiger partial charge in [-0.25, -0.2) is 0 Å². The number of benzene rings is 3. The van der Waals surface area contributed by atoms with Crippen LogP contribution in [0.5, 0.6) is 5.75 Å². The number of hydrogen-bond donors (Lipinski definition) is 1. The molecule has 3 aromatic carbocycles. The number of carbonyl (C=O) groups is 3. The number of nitrogens with one attached hydrogen (secondary N) is 1. The molecule has 0 aliphatic rings. The lowest BCUT2D eigenvalue weighted by Crippen LogP contribution is -2.43. The fourth-order valence-corrected chi connectivity index (χ4v) is 3.05. The van der Waals surface area contributed by atoms with Gasteiger partial charge in [0.15, 0.2) is 18.7 Å². The molecule has 0 saturated carbocycles. The van der Waals surface area contributed by atoms with Crippen molar-refractivity contribution in [3.05, 3.63) is 77.9 Å². The standard InChI is InChI=1S/C23H21NO4/c1-16(26)21(13-17-7-3-2-4-8-17)24-23(27)15-28-22-12-11-18-9-5-6-10-19(18)20(22)14-25/h2-12,14,21H,13,15H2,1H3,(H,24,27)/t21-/m0/s1. The molecule has 0 aliphatic heterocycles. The summed E-state index contributed by atoms with van der Waals surface area (Å²) in [5.41, 5.74) is 1.36. The van der Waals surface area contributed by atoms with Crippen molar-refractivity contribution in [2.75, 3.05) is 6.61 Å². The highest BCUT2D eigenvalue weighted by Gasteiger charge is 2.18. The average Bonchev–Trinajstić information content (AvgIpc) is 2.72. The second-order valence-corrected chi connectivity index (χ2v) is 6.53. The molecule has 142 valence electrons. The Bertz CT molecular complexity index is 998. The molecule has 0 bridgehead atoms. The van der Waals surface area contributed by atoms with Crippen LogP contribution in [0.1, 0.15) is 22.8 Å². The zero-order valence-corrected chi connectivity index (χ0v) is 15.6. The molecule has 0 radical (unpaired) electrons. The molecule has 28 heavy (non-hydrogen) atoms. The fourth-order valence-electron chi connectivity index (χ4n) is 3.05. The second-order valence-electron chi connectivity index (χ2n) is 6.53. The minimum atomic E-state index is -0.624. The molecule has 0 saturated heterocycles. The summed E-state index contributed by atoms with van der Waals surface area (Å²) in [6.45, 7) is 1.17. The van der Waals surface area contributed by atoms with Crippen molar-refractivity contribution in [3.63, 3.8) is 0 Å². The quantitative estimate of drug-likeness (QED) is 0.613. The van der Waals surface area contributed by atoms with Gasteiger partial charge >= 0.3 is 0 Å². The van der Waals surface area contributed by atoms with E-state index < -0.39 is 11.9 Å². The first-order chi connectivity index (χ1) is 13.6. The molecule has 5 nitrogen and oxygen atoms in total. The van der Waals surface area contributed by atoms with Crippen molar-refractivity contribution >= 4 is 28.7 Å². The van der Waals surface area contributed by atoms with E-state index in [-0.39, 0.29) is 12.4 Å². The van der Waals surface area contributed by atoms with Gasteiger partial charge in [-0.3, -0.25) is 14.4 Å². The lowest BCUT2D eigenvalue weighted by Gasteiger charge is -2.17. The minimum absolute atomic E-state index is 0.128. The van der Waals surface area contributed by atoms with Gasteiger partial charge < -0.3 is 10.1 Å². The van der Waals surface area contributed by atoms with Crippen molar-refractivity contribution < 1.29 is 19.1 Å². The molecule has 1 atom stereocenters. The van der Waals surface area contributed by atoms with Gasteiger partial charge in [-0.1, -0.05) is 60.7 Å². The summed E-state index contributed by atoms with van der Waals surface area (Å²) in [6.07, 6.45) is 1.14. The Labute approximate surface area is 163 Å². The van der Waals surface area contributed by atoms with E-state index in [1.54, 1.807) is 6.07 Å². The molecular formula is C23H21NO4. The summed E-state index contributed by atoms with van der Waals surface area (Å²) < 4.78 is 5.57. The number of hydrogen-bond acceptors (Lipinski definition) is 4. The third-order valence-electron chi connectivity index (χ3n) is 4.52. The summed E-state index contributed by atoms with van der Waals surface area (Å²) in [7, 11) is 0. The van der Waals surface area contributed by atoms with Gasteiger partial charge in [0.05, 0.1) is 11.6 Å². The van der Waals surface area contributed by atoms with Gasteiger partial charge in [0, 0.05) is 0 Å². The van der Waals surface area contributed by atoms with Crippen LogP contribution in [0.3, 0.4) is 0 Å². The largest absolute Gasteiger partial charge is 0.483 e. The number of carbonyl (C=O) groups excluding carboxylic acids is 3. The summed E-state index contributed by atoms with van der Waals surface area (Å²) in [5, 5.41) is 4.39. The predicted molar refractivity (Wildman–Crippen MR) is 108 cm³/mol. The van der Waals surface area contributed by atoms with E-state index in [4.69, 9.17) is 4.74 Å². The molecule has 0 aliphatic carbocycles. The van der Waals surface area contributed by atoms with Crippen LogP contribution in [0.2, 0.25) is 0 Å². The fraction of sp³-hybridized carbons (Fsp3) is 0.174. The highest BCUT2D eigenvalue weighted by Crippen LogP contribution is 2.26. The smallest absolute Gasteiger partial charge is 0.258 e. The predicted octanol–water partition coefficient (Wildman–Crippen LogP) is 3.35. The SMILES string of the molecule is CC(=O)[C@H](Cc1ccccc1)NC(=O)COc1ccc2ccccc2c1C=O. The van der Waals surface area contributed by atoms with E-state index in [0.717, 1.165) is 22.6 Å². The van der Waals surface area contributed by atoms with Crippen LogP contribution in [-0.2, 0) is 16.0 Å².